The summed E-state index contributed by atoms with van der Waals surface area (Å²) in [5.41, 5.74) is 1.02. The molecule has 1 unspecified atom stereocenters. The van der Waals surface area contributed by atoms with E-state index in [0.717, 1.165) is 30.5 Å². The Hall–Kier alpha value is -0.940. The minimum Gasteiger partial charge on any atom is -0.462 e. The lowest BCUT2D eigenvalue weighted by Crippen LogP contribution is -2.47. The van der Waals surface area contributed by atoms with Crippen molar-refractivity contribution in [3.8, 4) is 0 Å². The summed E-state index contributed by atoms with van der Waals surface area (Å²) in [7, 11) is 3.52. The van der Waals surface area contributed by atoms with Crippen molar-refractivity contribution in [2.75, 3.05) is 33.9 Å². The van der Waals surface area contributed by atoms with Crippen molar-refractivity contribution in [2.45, 2.75) is 52.5 Å². The molecule has 0 radical (unpaired) electrons. The number of aliphatic imine (C=N–C) groups is 1. The summed E-state index contributed by atoms with van der Waals surface area (Å²) in [4.78, 5) is 21.4. The van der Waals surface area contributed by atoms with E-state index in [-0.39, 0.29) is 36.0 Å². The highest BCUT2D eigenvalue weighted by molar-refractivity contribution is 14.0. The quantitative estimate of drug-likeness (QED) is 0.222. The average molecular weight is 524 g/mol. The van der Waals surface area contributed by atoms with Gasteiger partial charge in [0.25, 0.3) is 0 Å². The van der Waals surface area contributed by atoms with Crippen molar-refractivity contribution < 1.29 is 14.3 Å². The fourth-order valence-electron chi connectivity index (χ4n) is 3.23. The largest absolute Gasteiger partial charge is 0.462 e. The predicted molar refractivity (Wildman–Crippen MR) is 124 cm³/mol. The van der Waals surface area contributed by atoms with E-state index in [2.05, 4.69) is 20.6 Å². The number of thiazole rings is 1. The molecule has 1 aliphatic rings. The van der Waals surface area contributed by atoms with Crippen LogP contribution < -0.4 is 10.6 Å². The number of ether oxygens (including phenoxy) is 2. The van der Waals surface area contributed by atoms with E-state index in [4.69, 9.17) is 9.47 Å². The van der Waals surface area contributed by atoms with Gasteiger partial charge in [0.1, 0.15) is 9.88 Å². The Bertz CT molecular complexity index is 662. The Morgan fingerprint density at radius 2 is 2.14 bits per heavy atom. The molecule has 1 heterocycles. The molecule has 2 rings (SSSR count). The highest BCUT2D eigenvalue weighted by atomic mass is 127. The molecule has 0 saturated heterocycles. The van der Waals surface area contributed by atoms with Crippen molar-refractivity contribution in [1.82, 2.24) is 15.6 Å². The first-order valence-corrected chi connectivity index (χ1v) is 10.4. The minimum atomic E-state index is -0.307. The number of carbonyl (C=O) groups is 1. The van der Waals surface area contributed by atoms with Crippen LogP contribution in [0.5, 0.6) is 0 Å². The molecule has 1 saturated carbocycles. The number of esters is 1. The second-order valence-corrected chi connectivity index (χ2v) is 8.11. The summed E-state index contributed by atoms with van der Waals surface area (Å²) in [5.74, 6) is 0.440. The van der Waals surface area contributed by atoms with Crippen molar-refractivity contribution in [3.63, 3.8) is 0 Å². The third kappa shape index (κ3) is 6.55. The standard InChI is InChI=1S/C19H32N4O3S.HI/c1-6-26-17(24)15-13(2)22-16(27-15)14(3)23-18(20-4)21-12-19(8-7-9-19)10-11-25-5;/h14H,6-12H2,1-5H3,(H2,20,21,23);1H. The van der Waals surface area contributed by atoms with Gasteiger partial charge < -0.3 is 20.1 Å². The van der Waals surface area contributed by atoms with Gasteiger partial charge in [-0.1, -0.05) is 6.42 Å². The number of carbonyl (C=O) groups excluding carboxylic acids is 1. The molecule has 2 N–H and O–H groups in total. The third-order valence-corrected chi connectivity index (χ3v) is 6.42. The fourth-order valence-corrected chi connectivity index (χ4v) is 4.19. The van der Waals surface area contributed by atoms with E-state index in [1.807, 2.05) is 13.8 Å². The molecule has 0 amide bonds. The molecule has 9 heteroatoms. The van der Waals surface area contributed by atoms with Gasteiger partial charge >= 0.3 is 5.97 Å². The Balaban J connectivity index is 0.00000392. The summed E-state index contributed by atoms with van der Waals surface area (Å²) in [5, 5.41) is 7.67. The van der Waals surface area contributed by atoms with Gasteiger partial charge in [-0.05, 0) is 45.4 Å². The third-order valence-electron chi connectivity index (χ3n) is 5.10. The lowest BCUT2D eigenvalue weighted by molar-refractivity contribution is 0.0531. The molecule has 1 aliphatic carbocycles. The molecule has 7 nitrogen and oxygen atoms in total. The molecule has 1 aromatic heterocycles. The highest BCUT2D eigenvalue weighted by Crippen LogP contribution is 2.43. The lowest BCUT2D eigenvalue weighted by atomic mass is 9.67. The zero-order valence-electron chi connectivity index (χ0n) is 17.5. The first-order valence-electron chi connectivity index (χ1n) is 9.55. The minimum absolute atomic E-state index is 0. The Labute approximate surface area is 189 Å². The average Bonchev–Trinajstić information content (AvgIpc) is 3.01. The number of aromatic nitrogens is 1. The molecule has 1 aromatic rings. The van der Waals surface area contributed by atoms with Crippen LogP contribution in [0.25, 0.3) is 0 Å². The maximum Gasteiger partial charge on any atom is 0.350 e. The SMILES string of the molecule is CCOC(=O)c1sc(C(C)NC(=NC)NCC2(CCOC)CCC2)nc1C.I. The first kappa shape index (κ1) is 25.1. The number of rotatable bonds is 9. The summed E-state index contributed by atoms with van der Waals surface area (Å²) >= 11 is 1.37. The summed E-state index contributed by atoms with van der Waals surface area (Å²) in [6.07, 6.45) is 4.80. The van der Waals surface area contributed by atoms with E-state index in [1.165, 1.54) is 30.6 Å². The van der Waals surface area contributed by atoms with Gasteiger partial charge in [-0.25, -0.2) is 9.78 Å². The number of nitrogens with one attached hydrogen (secondary N) is 2. The molecule has 28 heavy (non-hydrogen) atoms. The topological polar surface area (TPSA) is 84.8 Å². The predicted octanol–water partition coefficient (Wildman–Crippen LogP) is 3.68. The van der Waals surface area contributed by atoms with Crippen LogP contribution in [0.4, 0.5) is 0 Å². The number of halogens is 1. The Morgan fingerprint density at radius 3 is 2.68 bits per heavy atom. The normalized spacial score (nSPS) is 16.5. The number of guanidine groups is 1. The number of methoxy groups -OCH3 is 1. The van der Waals surface area contributed by atoms with Gasteiger partial charge in [0, 0.05) is 27.3 Å². The van der Waals surface area contributed by atoms with E-state index in [1.54, 1.807) is 21.1 Å². The van der Waals surface area contributed by atoms with Gasteiger partial charge in [0.15, 0.2) is 5.96 Å². The molecule has 0 bridgehead atoms. The van der Waals surface area contributed by atoms with Crippen LogP contribution in [-0.2, 0) is 9.47 Å². The molecule has 0 aliphatic heterocycles. The number of hydrogen-bond donors (Lipinski definition) is 2. The summed E-state index contributed by atoms with van der Waals surface area (Å²) in [6, 6.07) is -0.0561. The zero-order chi connectivity index (χ0) is 19.9. The van der Waals surface area contributed by atoms with E-state index in [9.17, 15) is 4.79 Å². The fraction of sp³-hybridized carbons (Fsp3) is 0.737. The van der Waals surface area contributed by atoms with Crippen LogP contribution in [0.3, 0.4) is 0 Å². The van der Waals surface area contributed by atoms with E-state index < -0.39 is 0 Å². The number of hydrogen-bond acceptors (Lipinski definition) is 6. The van der Waals surface area contributed by atoms with Crippen LogP contribution in [0.2, 0.25) is 0 Å². The van der Waals surface area contributed by atoms with Crippen LogP contribution in [0.1, 0.15) is 65.9 Å². The van der Waals surface area contributed by atoms with Crippen molar-refractivity contribution in [1.29, 1.82) is 0 Å². The molecule has 0 spiro atoms. The van der Waals surface area contributed by atoms with E-state index >= 15 is 0 Å². The Morgan fingerprint density at radius 1 is 1.43 bits per heavy atom. The van der Waals surface area contributed by atoms with Gasteiger partial charge in [-0.2, -0.15) is 0 Å². The maximum absolute atomic E-state index is 12.0. The number of nitrogens with zero attached hydrogens (tertiary/aromatic N) is 2. The monoisotopic (exact) mass is 524 g/mol. The number of aryl methyl sites for hydroxylation is 1. The zero-order valence-corrected chi connectivity index (χ0v) is 20.6. The van der Waals surface area contributed by atoms with Crippen LogP contribution in [0.15, 0.2) is 4.99 Å². The highest BCUT2D eigenvalue weighted by Gasteiger charge is 2.36. The van der Waals surface area contributed by atoms with E-state index in [0.29, 0.717) is 22.6 Å². The van der Waals surface area contributed by atoms with Crippen molar-refractivity contribution in [3.05, 3.63) is 15.6 Å². The Kier molecular flexibility index (Phi) is 10.7. The van der Waals surface area contributed by atoms with Crippen molar-refractivity contribution in [2.24, 2.45) is 10.4 Å². The van der Waals surface area contributed by atoms with Gasteiger partial charge in [-0.3, -0.25) is 4.99 Å². The second kappa shape index (κ2) is 11.9. The van der Waals surface area contributed by atoms with Crippen LogP contribution in [0, 0.1) is 12.3 Å². The van der Waals surface area contributed by atoms with Crippen molar-refractivity contribution >= 4 is 47.2 Å². The smallest absolute Gasteiger partial charge is 0.350 e. The summed E-state index contributed by atoms with van der Waals surface area (Å²) in [6.45, 7) is 7.69. The molecule has 160 valence electrons. The molecule has 1 fully saturated rings. The maximum atomic E-state index is 12.0. The summed E-state index contributed by atoms with van der Waals surface area (Å²) < 4.78 is 10.4. The van der Waals surface area contributed by atoms with Gasteiger partial charge in [0.05, 0.1) is 18.3 Å². The lowest BCUT2D eigenvalue weighted by Gasteiger charge is -2.42. The molecular formula is C19H33IN4O3S. The van der Waals surface area contributed by atoms with Gasteiger partial charge in [0.2, 0.25) is 0 Å². The van der Waals surface area contributed by atoms with Gasteiger partial charge in [-0.15, -0.1) is 35.3 Å². The van der Waals surface area contributed by atoms with Crippen LogP contribution >= 0.6 is 35.3 Å². The second-order valence-electron chi connectivity index (χ2n) is 7.08. The molecular weight excluding hydrogens is 491 g/mol. The molecule has 1 atom stereocenters. The first-order chi connectivity index (χ1) is 12.9. The molecule has 0 aromatic carbocycles. The van der Waals surface area contributed by atoms with Crippen LogP contribution in [-0.4, -0.2) is 50.8 Å².